The molecule has 0 radical (unpaired) electrons. The predicted molar refractivity (Wildman–Crippen MR) is 64.4 cm³/mol. The number of hydrogen-bond acceptors (Lipinski definition) is 4. The molecule has 90 valence electrons. The Hall–Kier alpha value is -1.75. The number of benzene rings is 1. The van der Waals surface area contributed by atoms with E-state index in [0.29, 0.717) is 13.0 Å². The summed E-state index contributed by atoms with van der Waals surface area (Å²) < 4.78 is 1.72. The van der Waals surface area contributed by atoms with Crippen LogP contribution in [0.25, 0.3) is 11.4 Å². The normalized spacial score (nSPS) is 10.8. The second kappa shape index (κ2) is 5.05. The summed E-state index contributed by atoms with van der Waals surface area (Å²) in [5.74, 6) is 0.751. The fourth-order valence-electron chi connectivity index (χ4n) is 1.66. The number of aryl methyl sites for hydroxylation is 3. The summed E-state index contributed by atoms with van der Waals surface area (Å²) in [5, 5.41) is 20.5. The molecule has 0 spiro atoms. The zero-order valence-corrected chi connectivity index (χ0v) is 10.1. The van der Waals surface area contributed by atoms with E-state index in [0.717, 1.165) is 11.4 Å². The largest absolute Gasteiger partial charge is 0.396 e. The number of tetrazole rings is 1. The minimum atomic E-state index is 0.145. The van der Waals surface area contributed by atoms with Gasteiger partial charge in [-0.25, -0.2) is 4.68 Å². The van der Waals surface area contributed by atoms with Crippen LogP contribution < -0.4 is 0 Å². The minimum absolute atomic E-state index is 0.145. The van der Waals surface area contributed by atoms with Gasteiger partial charge in [0.2, 0.25) is 0 Å². The van der Waals surface area contributed by atoms with Crippen molar-refractivity contribution in [2.24, 2.45) is 0 Å². The lowest BCUT2D eigenvalue weighted by Gasteiger charge is -2.05. The number of rotatable bonds is 4. The van der Waals surface area contributed by atoms with Crippen molar-refractivity contribution < 1.29 is 5.11 Å². The molecule has 0 aliphatic rings. The molecule has 2 rings (SSSR count). The molecule has 0 atom stereocenters. The van der Waals surface area contributed by atoms with E-state index in [1.54, 1.807) is 4.68 Å². The summed E-state index contributed by atoms with van der Waals surface area (Å²) in [7, 11) is 0. The maximum absolute atomic E-state index is 8.83. The number of hydrogen-bond donors (Lipinski definition) is 1. The molecular weight excluding hydrogens is 216 g/mol. The quantitative estimate of drug-likeness (QED) is 0.864. The van der Waals surface area contributed by atoms with Crippen LogP contribution in [0.3, 0.4) is 0 Å². The maximum atomic E-state index is 8.83. The van der Waals surface area contributed by atoms with Gasteiger partial charge < -0.3 is 5.11 Å². The van der Waals surface area contributed by atoms with Crippen LogP contribution in [0.4, 0.5) is 0 Å². The molecule has 1 aromatic carbocycles. The second-order valence-corrected chi connectivity index (χ2v) is 4.10. The highest BCUT2D eigenvalue weighted by atomic mass is 16.3. The van der Waals surface area contributed by atoms with E-state index in [9.17, 15) is 0 Å². The summed E-state index contributed by atoms with van der Waals surface area (Å²) in [4.78, 5) is 0. The van der Waals surface area contributed by atoms with Gasteiger partial charge in [0.25, 0.3) is 0 Å². The van der Waals surface area contributed by atoms with E-state index < -0.39 is 0 Å². The molecule has 0 unspecified atom stereocenters. The number of aromatic nitrogens is 4. The molecular formula is C12H16N4O. The van der Waals surface area contributed by atoms with Crippen LogP contribution >= 0.6 is 0 Å². The van der Waals surface area contributed by atoms with Gasteiger partial charge in [-0.15, -0.1) is 5.10 Å². The van der Waals surface area contributed by atoms with Crippen molar-refractivity contribution in [2.45, 2.75) is 26.8 Å². The lowest BCUT2D eigenvalue weighted by Crippen LogP contribution is -2.04. The fourth-order valence-corrected chi connectivity index (χ4v) is 1.66. The Balaban J connectivity index is 2.32. The Morgan fingerprint density at radius 3 is 2.76 bits per heavy atom. The van der Waals surface area contributed by atoms with Crippen molar-refractivity contribution in [2.75, 3.05) is 6.61 Å². The Kier molecular flexibility index (Phi) is 3.49. The van der Waals surface area contributed by atoms with E-state index in [4.69, 9.17) is 5.11 Å². The monoisotopic (exact) mass is 232 g/mol. The van der Waals surface area contributed by atoms with Crippen LogP contribution in [0.5, 0.6) is 0 Å². The minimum Gasteiger partial charge on any atom is -0.396 e. The molecule has 0 aliphatic carbocycles. The summed E-state index contributed by atoms with van der Waals surface area (Å²) in [5.41, 5.74) is 3.48. The van der Waals surface area contributed by atoms with Crippen LogP contribution in [-0.4, -0.2) is 31.9 Å². The third-order valence-electron chi connectivity index (χ3n) is 2.83. The van der Waals surface area contributed by atoms with Crippen LogP contribution in [0.2, 0.25) is 0 Å². The van der Waals surface area contributed by atoms with Gasteiger partial charge in [-0.1, -0.05) is 12.1 Å². The van der Waals surface area contributed by atoms with E-state index in [1.165, 1.54) is 11.1 Å². The van der Waals surface area contributed by atoms with Crippen molar-refractivity contribution in [3.05, 3.63) is 29.3 Å². The molecule has 0 saturated carbocycles. The molecule has 1 N–H and O–H groups in total. The van der Waals surface area contributed by atoms with Crippen LogP contribution in [-0.2, 0) is 6.54 Å². The third kappa shape index (κ3) is 2.50. The zero-order chi connectivity index (χ0) is 12.3. The Bertz CT molecular complexity index is 507. The van der Waals surface area contributed by atoms with Gasteiger partial charge in [-0.05, 0) is 47.9 Å². The van der Waals surface area contributed by atoms with Crippen molar-refractivity contribution in [1.29, 1.82) is 0 Å². The predicted octanol–water partition coefficient (Wildman–Crippen LogP) is 1.34. The van der Waals surface area contributed by atoms with Gasteiger partial charge in [0, 0.05) is 18.7 Å². The van der Waals surface area contributed by atoms with Gasteiger partial charge in [0.15, 0.2) is 5.82 Å². The molecule has 0 saturated heterocycles. The molecule has 17 heavy (non-hydrogen) atoms. The summed E-state index contributed by atoms with van der Waals surface area (Å²) in [6, 6.07) is 6.16. The number of aliphatic hydroxyl groups excluding tert-OH is 1. The highest BCUT2D eigenvalue weighted by Crippen LogP contribution is 2.19. The highest BCUT2D eigenvalue weighted by Gasteiger charge is 2.08. The van der Waals surface area contributed by atoms with Crippen molar-refractivity contribution in [3.63, 3.8) is 0 Å². The van der Waals surface area contributed by atoms with Crippen LogP contribution in [0.1, 0.15) is 17.5 Å². The van der Waals surface area contributed by atoms with Crippen LogP contribution in [0, 0.1) is 13.8 Å². The highest BCUT2D eigenvalue weighted by molar-refractivity contribution is 5.56. The summed E-state index contributed by atoms with van der Waals surface area (Å²) in [6.45, 7) is 4.92. The molecule has 0 fully saturated rings. The Morgan fingerprint density at radius 2 is 2.06 bits per heavy atom. The van der Waals surface area contributed by atoms with Crippen molar-refractivity contribution in [3.8, 4) is 11.4 Å². The lowest BCUT2D eigenvalue weighted by atomic mass is 10.1. The number of nitrogens with zero attached hydrogens (tertiary/aromatic N) is 4. The molecule has 0 aliphatic heterocycles. The molecule has 1 aromatic heterocycles. The summed E-state index contributed by atoms with van der Waals surface area (Å²) in [6.07, 6.45) is 0.656. The third-order valence-corrected chi connectivity index (χ3v) is 2.83. The standard InChI is InChI=1S/C12H16N4O/c1-9-4-5-11(8-10(9)2)12-13-14-15-16(12)6-3-7-17/h4-5,8,17H,3,6-7H2,1-2H3. The zero-order valence-electron chi connectivity index (χ0n) is 10.1. The smallest absolute Gasteiger partial charge is 0.182 e. The van der Waals surface area contributed by atoms with E-state index in [1.807, 2.05) is 6.07 Å². The lowest BCUT2D eigenvalue weighted by molar-refractivity contribution is 0.276. The van der Waals surface area contributed by atoms with Crippen molar-refractivity contribution in [1.82, 2.24) is 20.2 Å². The van der Waals surface area contributed by atoms with E-state index in [2.05, 4.69) is 41.5 Å². The van der Waals surface area contributed by atoms with Gasteiger partial charge in [-0.2, -0.15) is 0 Å². The van der Waals surface area contributed by atoms with Gasteiger partial charge in [0.1, 0.15) is 0 Å². The second-order valence-electron chi connectivity index (χ2n) is 4.10. The first-order chi connectivity index (χ1) is 8.22. The Labute approximate surface area is 100 Å². The van der Waals surface area contributed by atoms with E-state index >= 15 is 0 Å². The first kappa shape index (κ1) is 11.7. The molecule has 2 aromatic rings. The van der Waals surface area contributed by atoms with Crippen molar-refractivity contribution >= 4 is 0 Å². The topological polar surface area (TPSA) is 63.8 Å². The Morgan fingerprint density at radius 1 is 1.24 bits per heavy atom. The molecule has 0 amide bonds. The van der Waals surface area contributed by atoms with E-state index in [-0.39, 0.29) is 6.61 Å². The maximum Gasteiger partial charge on any atom is 0.182 e. The van der Waals surface area contributed by atoms with Crippen LogP contribution in [0.15, 0.2) is 18.2 Å². The van der Waals surface area contributed by atoms with Gasteiger partial charge in [-0.3, -0.25) is 0 Å². The SMILES string of the molecule is Cc1ccc(-c2nnnn2CCCO)cc1C. The van der Waals surface area contributed by atoms with Gasteiger partial charge >= 0.3 is 0 Å². The average Bonchev–Trinajstić information content (AvgIpc) is 2.78. The first-order valence-corrected chi connectivity index (χ1v) is 5.67. The molecule has 0 bridgehead atoms. The molecule has 1 heterocycles. The summed E-state index contributed by atoms with van der Waals surface area (Å²) >= 11 is 0. The molecule has 5 heteroatoms. The average molecular weight is 232 g/mol. The molecule has 5 nitrogen and oxygen atoms in total. The van der Waals surface area contributed by atoms with Gasteiger partial charge in [0.05, 0.1) is 0 Å². The number of aliphatic hydroxyl groups is 1. The fraction of sp³-hybridized carbons (Fsp3) is 0.417. The first-order valence-electron chi connectivity index (χ1n) is 5.67.